The molecule has 0 aliphatic heterocycles. The standard InChI is InChI=1S/C19H17NO4S3/c1-24-16-8-5-12(19(21)22)10-18(16)26-20-15-11-13(27(2)23)6-7-14(15)17-4-3-9-25-17/h3-11,20H,1-2H3,(H,21,22). The number of carbonyl (C=O) groups is 1. The normalized spacial score (nSPS) is 11.8. The number of methoxy groups -OCH3 is 1. The van der Waals surface area contributed by atoms with Crippen molar-refractivity contribution in [3.63, 3.8) is 0 Å². The van der Waals surface area contributed by atoms with Crippen LogP contribution in [0.2, 0.25) is 0 Å². The number of rotatable bonds is 7. The lowest BCUT2D eigenvalue weighted by Crippen LogP contribution is -2.00. The van der Waals surface area contributed by atoms with Gasteiger partial charge in [0, 0.05) is 16.5 Å². The molecule has 1 unspecified atom stereocenters. The molecule has 0 spiro atoms. The summed E-state index contributed by atoms with van der Waals surface area (Å²) in [6.45, 7) is 0. The lowest BCUT2D eigenvalue weighted by Gasteiger charge is -2.14. The van der Waals surface area contributed by atoms with Gasteiger partial charge in [-0.25, -0.2) is 4.79 Å². The molecule has 1 atom stereocenters. The Hall–Kier alpha value is -2.13. The topological polar surface area (TPSA) is 81.6 Å². The Morgan fingerprint density at radius 3 is 2.70 bits per heavy atom. The second kappa shape index (κ2) is 8.71. The molecule has 140 valence electrons. The number of anilines is 1. The van der Waals surface area contributed by atoms with Gasteiger partial charge in [0.1, 0.15) is 12.0 Å². The molecule has 0 saturated heterocycles. The highest BCUT2D eigenvalue weighted by Gasteiger charge is 2.14. The van der Waals surface area contributed by atoms with Crippen LogP contribution in [0, 0.1) is 0 Å². The zero-order valence-corrected chi connectivity index (χ0v) is 17.0. The molecule has 27 heavy (non-hydrogen) atoms. The molecule has 2 N–H and O–H groups in total. The maximum atomic E-state index is 11.9. The summed E-state index contributed by atoms with van der Waals surface area (Å²) in [4.78, 5) is 13.7. The van der Waals surface area contributed by atoms with E-state index in [0.717, 1.165) is 16.1 Å². The summed E-state index contributed by atoms with van der Waals surface area (Å²) < 4.78 is 20.5. The lowest BCUT2D eigenvalue weighted by molar-refractivity contribution is 0.0696. The number of carboxylic acids is 1. The number of ether oxygens (including phenoxy) is 1. The summed E-state index contributed by atoms with van der Waals surface area (Å²) in [5.41, 5.74) is 1.97. The third kappa shape index (κ3) is 4.59. The lowest BCUT2D eigenvalue weighted by atomic mass is 10.1. The Kier molecular flexibility index (Phi) is 6.33. The maximum Gasteiger partial charge on any atom is 0.335 e. The van der Waals surface area contributed by atoms with Crippen molar-refractivity contribution in [3.8, 4) is 16.2 Å². The van der Waals surface area contributed by atoms with Crippen molar-refractivity contribution < 1.29 is 19.2 Å². The highest BCUT2D eigenvalue weighted by Crippen LogP contribution is 2.37. The van der Waals surface area contributed by atoms with Crippen LogP contribution in [0.5, 0.6) is 5.75 Å². The Morgan fingerprint density at radius 2 is 2.07 bits per heavy atom. The van der Waals surface area contributed by atoms with Gasteiger partial charge in [-0.3, -0.25) is 0 Å². The van der Waals surface area contributed by atoms with Gasteiger partial charge < -0.3 is 19.1 Å². The molecule has 0 amide bonds. The minimum absolute atomic E-state index is 0.182. The summed E-state index contributed by atoms with van der Waals surface area (Å²) in [5, 5.41) is 11.2. The van der Waals surface area contributed by atoms with E-state index < -0.39 is 17.1 Å². The summed E-state index contributed by atoms with van der Waals surface area (Å²) in [6, 6.07) is 14.3. The van der Waals surface area contributed by atoms with Gasteiger partial charge in [0.2, 0.25) is 0 Å². The van der Waals surface area contributed by atoms with Crippen LogP contribution >= 0.6 is 23.3 Å². The fraction of sp³-hybridized carbons (Fsp3) is 0.105. The average Bonchev–Trinajstić information content (AvgIpc) is 3.20. The predicted octanol–water partition coefficient (Wildman–Crippen LogP) is 4.98. The van der Waals surface area contributed by atoms with Crippen LogP contribution in [-0.4, -0.2) is 29.0 Å². The number of benzene rings is 2. The Morgan fingerprint density at radius 1 is 1.26 bits per heavy atom. The summed E-state index contributed by atoms with van der Waals surface area (Å²) in [6.07, 6.45) is 1.64. The van der Waals surface area contributed by atoms with Crippen molar-refractivity contribution >= 4 is 46.1 Å². The van der Waals surface area contributed by atoms with Gasteiger partial charge in [-0.05, 0) is 64.9 Å². The van der Waals surface area contributed by atoms with E-state index in [2.05, 4.69) is 4.72 Å². The Balaban J connectivity index is 1.94. The van der Waals surface area contributed by atoms with Gasteiger partial charge in [0.15, 0.2) is 4.90 Å². The second-order valence-electron chi connectivity index (χ2n) is 5.51. The third-order valence-corrected chi connectivity index (χ3v) is 6.47. The van der Waals surface area contributed by atoms with E-state index in [0.29, 0.717) is 15.5 Å². The number of aromatic carboxylic acids is 1. The number of nitrogens with one attached hydrogen (secondary N) is 1. The van der Waals surface area contributed by atoms with E-state index in [4.69, 9.17) is 4.74 Å². The Bertz CT molecular complexity index is 942. The maximum absolute atomic E-state index is 11.9. The van der Waals surface area contributed by atoms with Crippen LogP contribution in [0.15, 0.2) is 63.7 Å². The largest absolute Gasteiger partial charge is 0.612 e. The van der Waals surface area contributed by atoms with Crippen LogP contribution in [0.3, 0.4) is 0 Å². The number of hydrogen-bond donors (Lipinski definition) is 2. The number of thiophene rings is 1. The summed E-state index contributed by atoms with van der Waals surface area (Å²) in [5.74, 6) is -0.424. The van der Waals surface area contributed by atoms with Crippen LogP contribution in [0.4, 0.5) is 5.69 Å². The molecule has 0 saturated carbocycles. The van der Waals surface area contributed by atoms with Crippen molar-refractivity contribution in [2.75, 3.05) is 18.1 Å². The van der Waals surface area contributed by atoms with Gasteiger partial charge in [0.05, 0.1) is 23.3 Å². The first-order valence-corrected chi connectivity index (χ1v) is 11.1. The van der Waals surface area contributed by atoms with Gasteiger partial charge in [0.25, 0.3) is 0 Å². The monoisotopic (exact) mass is 419 g/mol. The molecular weight excluding hydrogens is 402 g/mol. The fourth-order valence-electron chi connectivity index (χ4n) is 2.43. The molecule has 5 nitrogen and oxygen atoms in total. The molecule has 0 radical (unpaired) electrons. The highest BCUT2D eigenvalue weighted by atomic mass is 32.2. The number of hydrogen-bond acceptors (Lipinski definition) is 6. The van der Waals surface area contributed by atoms with E-state index in [9.17, 15) is 14.5 Å². The average molecular weight is 420 g/mol. The van der Waals surface area contributed by atoms with Gasteiger partial charge >= 0.3 is 5.97 Å². The zero-order chi connectivity index (χ0) is 19.4. The summed E-state index contributed by atoms with van der Waals surface area (Å²) in [7, 11) is 1.54. The molecular formula is C19H17NO4S3. The summed E-state index contributed by atoms with van der Waals surface area (Å²) >= 11 is 1.76. The second-order valence-corrected chi connectivity index (χ2v) is 8.69. The first-order valence-electron chi connectivity index (χ1n) is 7.85. The van der Waals surface area contributed by atoms with Crippen molar-refractivity contribution in [1.82, 2.24) is 0 Å². The van der Waals surface area contributed by atoms with Gasteiger partial charge in [-0.15, -0.1) is 11.3 Å². The van der Waals surface area contributed by atoms with Crippen molar-refractivity contribution in [2.24, 2.45) is 0 Å². The van der Waals surface area contributed by atoms with Crippen LogP contribution in [0.25, 0.3) is 10.4 Å². The molecule has 0 aliphatic carbocycles. The first-order chi connectivity index (χ1) is 13.0. The smallest absolute Gasteiger partial charge is 0.335 e. The zero-order valence-electron chi connectivity index (χ0n) is 14.6. The van der Waals surface area contributed by atoms with E-state index in [-0.39, 0.29) is 5.56 Å². The van der Waals surface area contributed by atoms with Gasteiger partial charge in [-0.1, -0.05) is 6.07 Å². The predicted molar refractivity (Wildman–Crippen MR) is 112 cm³/mol. The van der Waals surface area contributed by atoms with Crippen molar-refractivity contribution in [2.45, 2.75) is 9.79 Å². The Labute approximate surface area is 168 Å². The van der Waals surface area contributed by atoms with E-state index in [1.165, 1.54) is 25.1 Å². The van der Waals surface area contributed by atoms with Crippen molar-refractivity contribution in [1.29, 1.82) is 0 Å². The quantitative estimate of drug-likeness (QED) is 0.415. The molecule has 2 aromatic carbocycles. The fourth-order valence-corrected chi connectivity index (χ4v) is 4.57. The molecule has 8 heteroatoms. The van der Waals surface area contributed by atoms with Crippen molar-refractivity contribution in [3.05, 3.63) is 59.5 Å². The van der Waals surface area contributed by atoms with Crippen LogP contribution < -0.4 is 9.46 Å². The molecule has 3 rings (SSSR count). The molecule has 3 aromatic rings. The molecule has 1 aromatic heterocycles. The third-order valence-electron chi connectivity index (χ3n) is 3.79. The molecule has 1 heterocycles. The minimum Gasteiger partial charge on any atom is -0.612 e. The first kappa shape index (κ1) is 19.6. The SMILES string of the molecule is COc1ccc(C(=O)O)cc1SNc1cc([S+](C)[O-])ccc1-c1cccs1. The molecule has 0 fully saturated rings. The van der Waals surface area contributed by atoms with E-state index >= 15 is 0 Å². The highest BCUT2D eigenvalue weighted by molar-refractivity contribution is 8.00. The molecule has 0 bridgehead atoms. The van der Waals surface area contributed by atoms with E-state index in [1.807, 2.05) is 35.7 Å². The van der Waals surface area contributed by atoms with Crippen LogP contribution in [-0.2, 0) is 11.2 Å². The molecule has 0 aliphatic rings. The van der Waals surface area contributed by atoms with Crippen LogP contribution in [0.1, 0.15) is 10.4 Å². The van der Waals surface area contributed by atoms with E-state index in [1.54, 1.807) is 29.7 Å². The van der Waals surface area contributed by atoms with Gasteiger partial charge in [-0.2, -0.15) is 0 Å². The number of carboxylic acid groups (broad SMARTS) is 1. The minimum atomic E-state index is -1.11.